The number of ether oxygens (including phenoxy) is 1. The van der Waals surface area contributed by atoms with Crippen molar-refractivity contribution in [1.82, 2.24) is 10.2 Å². The Morgan fingerprint density at radius 2 is 2.11 bits per heavy atom. The van der Waals surface area contributed by atoms with Crippen molar-refractivity contribution in [3.8, 4) is 0 Å². The highest BCUT2D eigenvalue weighted by atomic mass is 16.5. The van der Waals surface area contributed by atoms with Gasteiger partial charge in [0.05, 0.1) is 25.4 Å². The summed E-state index contributed by atoms with van der Waals surface area (Å²) in [7, 11) is 0. The third-order valence-corrected chi connectivity index (χ3v) is 3.36. The number of aliphatic hydroxyl groups excluding tert-OH is 1. The van der Waals surface area contributed by atoms with Crippen molar-refractivity contribution in [2.24, 2.45) is 5.92 Å². The molecule has 3 atom stereocenters. The summed E-state index contributed by atoms with van der Waals surface area (Å²) in [6.45, 7) is 9.88. The van der Waals surface area contributed by atoms with Crippen molar-refractivity contribution in [2.75, 3.05) is 26.2 Å². The lowest BCUT2D eigenvalue weighted by Crippen LogP contribution is -2.52. The van der Waals surface area contributed by atoms with Gasteiger partial charge in [0.1, 0.15) is 0 Å². The average Bonchev–Trinajstić information content (AvgIpc) is 2.27. The number of nitrogens with zero attached hydrogens (tertiary/aromatic N) is 1. The zero-order chi connectivity index (χ0) is 13.7. The Labute approximate surface area is 109 Å². The lowest BCUT2D eigenvalue weighted by atomic mass is 10.1. The molecule has 5 heteroatoms. The molecule has 0 aromatic carbocycles. The minimum Gasteiger partial charge on any atom is -0.394 e. The molecule has 0 bridgehead atoms. The Morgan fingerprint density at radius 1 is 1.44 bits per heavy atom. The zero-order valence-electron chi connectivity index (χ0n) is 11.8. The molecule has 1 aliphatic heterocycles. The van der Waals surface area contributed by atoms with Gasteiger partial charge in [-0.2, -0.15) is 0 Å². The standard InChI is InChI=1S/C13H26N2O3/c1-9(2)11(4)14-13(17)7-15-5-10(3)18-12(6-15)8-16/h9-12,16H,5-8H2,1-4H3,(H,14,17). The molecule has 1 rings (SSSR count). The van der Waals surface area contributed by atoms with Gasteiger partial charge in [-0.15, -0.1) is 0 Å². The first-order valence-corrected chi connectivity index (χ1v) is 6.70. The Balaban J connectivity index is 2.39. The van der Waals surface area contributed by atoms with E-state index < -0.39 is 0 Å². The maximum absolute atomic E-state index is 11.9. The van der Waals surface area contributed by atoms with Gasteiger partial charge >= 0.3 is 0 Å². The molecule has 3 unspecified atom stereocenters. The average molecular weight is 258 g/mol. The van der Waals surface area contributed by atoms with Crippen LogP contribution in [-0.2, 0) is 9.53 Å². The molecular formula is C13H26N2O3. The van der Waals surface area contributed by atoms with E-state index in [4.69, 9.17) is 9.84 Å². The van der Waals surface area contributed by atoms with E-state index in [2.05, 4.69) is 19.2 Å². The SMILES string of the molecule is CC1CN(CC(=O)NC(C)C(C)C)CC(CO)O1. The first-order valence-electron chi connectivity index (χ1n) is 6.70. The molecule has 1 fully saturated rings. The van der Waals surface area contributed by atoms with Crippen molar-refractivity contribution in [3.63, 3.8) is 0 Å². The van der Waals surface area contributed by atoms with Crippen LogP contribution in [0, 0.1) is 5.92 Å². The number of hydrogen-bond acceptors (Lipinski definition) is 4. The van der Waals surface area contributed by atoms with Crippen molar-refractivity contribution < 1.29 is 14.6 Å². The van der Waals surface area contributed by atoms with Crippen LogP contribution in [0.2, 0.25) is 0 Å². The van der Waals surface area contributed by atoms with Crippen LogP contribution in [-0.4, -0.2) is 60.4 Å². The fourth-order valence-corrected chi connectivity index (χ4v) is 2.04. The molecule has 0 saturated carbocycles. The van der Waals surface area contributed by atoms with Crippen LogP contribution in [0.15, 0.2) is 0 Å². The zero-order valence-corrected chi connectivity index (χ0v) is 11.8. The van der Waals surface area contributed by atoms with Gasteiger partial charge in [0.2, 0.25) is 5.91 Å². The molecule has 0 aromatic rings. The van der Waals surface area contributed by atoms with E-state index in [0.717, 1.165) is 6.54 Å². The van der Waals surface area contributed by atoms with E-state index in [1.54, 1.807) is 0 Å². The number of nitrogens with one attached hydrogen (secondary N) is 1. The van der Waals surface area contributed by atoms with Crippen LogP contribution >= 0.6 is 0 Å². The highest BCUT2D eigenvalue weighted by Gasteiger charge is 2.26. The van der Waals surface area contributed by atoms with Gasteiger partial charge in [-0.25, -0.2) is 0 Å². The molecule has 1 amide bonds. The number of morpholine rings is 1. The number of hydrogen-bond donors (Lipinski definition) is 2. The van der Waals surface area contributed by atoms with Crippen LogP contribution in [0.1, 0.15) is 27.7 Å². The predicted molar refractivity (Wildman–Crippen MR) is 70.3 cm³/mol. The first kappa shape index (κ1) is 15.4. The van der Waals surface area contributed by atoms with Gasteiger partial charge in [0.25, 0.3) is 0 Å². The van der Waals surface area contributed by atoms with E-state index in [-0.39, 0.29) is 30.8 Å². The molecule has 2 N–H and O–H groups in total. The summed E-state index contributed by atoms with van der Waals surface area (Å²) in [5.74, 6) is 0.477. The highest BCUT2D eigenvalue weighted by Crippen LogP contribution is 2.10. The Hall–Kier alpha value is -0.650. The second-order valence-corrected chi connectivity index (χ2v) is 5.55. The quantitative estimate of drug-likeness (QED) is 0.741. The van der Waals surface area contributed by atoms with Crippen LogP contribution < -0.4 is 5.32 Å². The molecule has 1 aliphatic rings. The number of carbonyl (C=O) groups excluding carboxylic acids is 1. The number of rotatable bonds is 5. The van der Waals surface area contributed by atoms with Gasteiger partial charge < -0.3 is 15.2 Å². The summed E-state index contributed by atoms with van der Waals surface area (Å²) in [4.78, 5) is 13.9. The second-order valence-electron chi connectivity index (χ2n) is 5.55. The lowest BCUT2D eigenvalue weighted by Gasteiger charge is -2.35. The van der Waals surface area contributed by atoms with Gasteiger partial charge in [0, 0.05) is 19.1 Å². The summed E-state index contributed by atoms with van der Waals surface area (Å²) in [6, 6.07) is 0.185. The molecule has 18 heavy (non-hydrogen) atoms. The fraction of sp³-hybridized carbons (Fsp3) is 0.923. The van der Waals surface area contributed by atoms with Crippen LogP contribution in [0.3, 0.4) is 0 Å². The van der Waals surface area contributed by atoms with Crippen molar-refractivity contribution in [3.05, 3.63) is 0 Å². The first-order chi connectivity index (χ1) is 8.42. The normalized spacial score (nSPS) is 27.2. The van der Waals surface area contributed by atoms with E-state index >= 15 is 0 Å². The smallest absolute Gasteiger partial charge is 0.234 e. The van der Waals surface area contributed by atoms with Crippen molar-refractivity contribution in [2.45, 2.75) is 45.9 Å². The van der Waals surface area contributed by atoms with Gasteiger partial charge in [-0.3, -0.25) is 9.69 Å². The lowest BCUT2D eigenvalue weighted by molar-refractivity contribution is -0.129. The van der Waals surface area contributed by atoms with Crippen molar-refractivity contribution in [1.29, 1.82) is 0 Å². The van der Waals surface area contributed by atoms with E-state index in [1.807, 2.05) is 18.7 Å². The molecular weight excluding hydrogens is 232 g/mol. The fourth-order valence-electron chi connectivity index (χ4n) is 2.04. The van der Waals surface area contributed by atoms with Crippen LogP contribution in [0.4, 0.5) is 0 Å². The maximum Gasteiger partial charge on any atom is 0.234 e. The molecule has 0 radical (unpaired) electrons. The molecule has 0 aromatic heterocycles. The monoisotopic (exact) mass is 258 g/mol. The molecule has 0 aliphatic carbocycles. The number of aliphatic hydroxyl groups is 1. The Bertz CT molecular complexity index is 271. The van der Waals surface area contributed by atoms with E-state index in [0.29, 0.717) is 19.0 Å². The topological polar surface area (TPSA) is 61.8 Å². The van der Waals surface area contributed by atoms with Crippen LogP contribution in [0.25, 0.3) is 0 Å². The molecule has 0 spiro atoms. The number of amides is 1. The molecule has 1 heterocycles. The van der Waals surface area contributed by atoms with Gasteiger partial charge in [-0.05, 0) is 19.8 Å². The molecule has 5 nitrogen and oxygen atoms in total. The Kier molecular flexibility index (Phi) is 6.05. The Morgan fingerprint density at radius 3 is 2.67 bits per heavy atom. The molecule has 1 saturated heterocycles. The van der Waals surface area contributed by atoms with Crippen molar-refractivity contribution >= 4 is 5.91 Å². The second kappa shape index (κ2) is 7.07. The van der Waals surface area contributed by atoms with Gasteiger partial charge in [0.15, 0.2) is 0 Å². The van der Waals surface area contributed by atoms with Gasteiger partial charge in [-0.1, -0.05) is 13.8 Å². The highest BCUT2D eigenvalue weighted by molar-refractivity contribution is 5.78. The summed E-state index contributed by atoms with van der Waals surface area (Å²) >= 11 is 0. The largest absolute Gasteiger partial charge is 0.394 e. The summed E-state index contributed by atoms with van der Waals surface area (Å²) in [5.41, 5.74) is 0. The molecule has 106 valence electrons. The van der Waals surface area contributed by atoms with Crippen LogP contribution in [0.5, 0.6) is 0 Å². The minimum absolute atomic E-state index is 0.00482. The maximum atomic E-state index is 11.9. The summed E-state index contributed by atoms with van der Waals surface area (Å²) in [5, 5.41) is 12.1. The third-order valence-electron chi connectivity index (χ3n) is 3.36. The van der Waals surface area contributed by atoms with E-state index in [1.165, 1.54) is 0 Å². The number of carbonyl (C=O) groups is 1. The summed E-state index contributed by atoms with van der Waals surface area (Å²) in [6.07, 6.45) is -0.115. The van der Waals surface area contributed by atoms with E-state index in [9.17, 15) is 4.79 Å². The predicted octanol–water partition coefficient (Wildman–Crippen LogP) is 0.229. The minimum atomic E-state index is -0.177. The third kappa shape index (κ3) is 4.92. The summed E-state index contributed by atoms with van der Waals surface area (Å²) < 4.78 is 5.54.